The van der Waals surface area contributed by atoms with Crippen LogP contribution in [0.2, 0.25) is 0 Å². The van der Waals surface area contributed by atoms with Crippen molar-refractivity contribution in [1.82, 2.24) is 10.2 Å². The van der Waals surface area contributed by atoms with Crippen LogP contribution in [0.25, 0.3) is 0 Å². The van der Waals surface area contributed by atoms with E-state index in [1.54, 1.807) is 13.8 Å². The highest BCUT2D eigenvalue weighted by Crippen LogP contribution is 2.76. The molecule has 0 radical (unpaired) electrons. The molecular weight excluding hydrogens is 642 g/mol. The number of ether oxygens (including phenoxy) is 1. The second-order valence-electron chi connectivity index (χ2n) is 19.4. The number of carboxylic acids is 1. The van der Waals surface area contributed by atoms with Crippen molar-refractivity contribution in [3.63, 3.8) is 0 Å². The number of alkyl halides is 2. The average Bonchev–Trinajstić information content (AvgIpc) is 3.50. The number of fused-ring (bicyclic) bond motifs is 7. The summed E-state index contributed by atoms with van der Waals surface area (Å²) in [6.45, 7) is 18.4. The number of ketones is 1. The Morgan fingerprint density at radius 2 is 1.62 bits per heavy atom. The lowest BCUT2D eigenvalue weighted by Gasteiger charge is -2.72. The lowest BCUT2D eigenvalue weighted by molar-refractivity contribution is -0.232. The van der Waals surface area contributed by atoms with Gasteiger partial charge in [-0.1, -0.05) is 48.5 Å². The van der Waals surface area contributed by atoms with Crippen molar-refractivity contribution in [3.05, 3.63) is 11.1 Å². The number of halogens is 2. The van der Waals surface area contributed by atoms with Crippen molar-refractivity contribution in [3.8, 4) is 0 Å². The van der Waals surface area contributed by atoms with Crippen LogP contribution < -0.4 is 5.32 Å². The van der Waals surface area contributed by atoms with Gasteiger partial charge in [-0.25, -0.2) is 13.6 Å². The Morgan fingerprint density at radius 3 is 2.22 bits per heavy atom. The van der Waals surface area contributed by atoms with Crippen LogP contribution in [0.4, 0.5) is 13.6 Å². The number of rotatable bonds is 6. The number of carbonyl (C=O) groups excluding carboxylic acids is 3. The molecule has 8 atom stereocenters. The fourth-order valence-electron chi connectivity index (χ4n) is 12.8. The second-order valence-corrected chi connectivity index (χ2v) is 19.4. The highest BCUT2D eigenvalue weighted by atomic mass is 19.3. The monoisotopic (exact) mass is 702 g/mol. The SMILES string of the molecule is CC(C)C1=C2[C@H]3CC[C@@H]4[C@@]5(C)CC[C@H](OC(=O)CC(C)(C)C(=O)O)C(C)(C)[C@@H]5CC[C@@]4(C)[C@]3(C)CC[C@@]2(NC(=O)N2CCC(F)(F)C2)CC1=O. The molecule has 0 aromatic heterocycles. The van der Waals surface area contributed by atoms with Gasteiger partial charge in [0, 0.05) is 24.8 Å². The number of aliphatic carboxylic acids is 1. The fourth-order valence-corrected chi connectivity index (χ4v) is 12.8. The number of nitrogens with zero attached hydrogens (tertiary/aromatic N) is 1. The van der Waals surface area contributed by atoms with E-state index in [9.17, 15) is 33.1 Å². The Kier molecular flexibility index (Phi) is 8.75. The third kappa shape index (κ3) is 5.45. The Balaban J connectivity index is 1.28. The summed E-state index contributed by atoms with van der Waals surface area (Å²) in [7, 11) is 0. The summed E-state index contributed by atoms with van der Waals surface area (Å²) in [4.78, 5) is 53.4. The van der Waals surface area contributed by atoms with Crippen LogP contribution in [-0.4, -0.2) is 64.4 Å². The maximum absolute atomic E-state index is 14.1. The average molecular weight is 703 g/mol. The molecule has 0 aromatic carbocycles. The molecule has 6 aliphatic rings. The number of esters is 1. The summed E-state index contributed by atoms with van der Waals surface area (Å²) in [5.74, 6) is -3.46. The molecule has 5 aliphatic carbocycles. The Labute approximate surface area is 296 Å². The van der Waals surface area contributed by atoms with Gasteiger partial charge in [0.2, 0.25) is 0 Å². The number of carbonyl (C=O) groups is 4. The minimum atomic E-state index is -2.89. The molecule has 1 heterocycles. The van der Waals surface area contributed by atoms with E-state index >= 15 is 0 Å². The zero-order chi connectivity index (χ0) is 37.0. The van der Waals surface area contributed by atoms with Crippen molar-refractivity contribution in [2.24, 2.45) is 50.7 Å². The molecule has 1 aliphatic heterocycles. The van der Waals surface area contributed by atoms with Crippen LogP contribution >= 0.6 is 0 Å². The first kappa shape index (κ1) is 37.2. The maximum Gasteiger partial charge on any atom is 0.318 e. The molecular formula is C40H60F2N2O6. The number of hydrogen-bond donors (Lipinski definition) is 2. The molecule has 0 unspecified atom stereocenters. The van der Waals surface area contributed by atoms with Gasteiger partial charge in [-0.05, 0) is 116 Å². The summed E-state index contributed by atoms with van der Waals surface area (Å²) in [5, 5.41) is 12.8. The van der Waals surface area contributed by atoms with E-state index in [1.165, 1.54) is 4.90 Å². The molecule has 4 saturated carbocycles. The van der Waals surface area contributed by atoms with Gasteiger partial charge in [0.15, 0.2) is 5.78 Å². The number of likely N-dealkylation sites (tertiary alicyclic amines) is 1. The lowest BCUT2D eigenvalue weighted by Crippen LogP contribution is -2.67. The third-order valence-corrected chi connectivity index (χ3v) is 15.6. The van der Waals surface area contributed by atoms with E-state index in [1.807, 2.05) is 0 Å². The predicted molar refractivity (Wildman–Crippen MR) is 185 cm³/mol. The highest BCUT2D eigenvalue weighted by molar-refractivity contribution is 6.02. The summed E-state index contributed by atoms with van der Waals surface area (Å²) >= 11 is 0. The summed E-state index contributed by atoms with van der Waals surface area (Å²) in [6.07, 6.45) is 6.39. The van der Waals surface area contributed by atoms with E-state index in [2.05, 4.69) is 53.8 Å². The quantitative estimate of drug-likeness (QED) is 0.270. The van der Waals surface area contributed by atoms with Crippen molar-refractivity contribution < 1.29 is 37.8 Å². The van der Waals surface area contributed by atoms with Gasteiger partial charge >= 0.3 is 18.0 Å². The first-order valence-electron chi connectivity index (χ1n) is 19.1. The number of Topliss-reactive ketones (excluding diaryl/α,β-unsaturated/α-hetero) is 1. The maximum atomic E-state index is 14.1. The van der Waals surface area contributed by atoms with Gasteiger partial charge in [0.1, 0.15) is 6.10 Å². The van der Waals surface area contributed by atoms with Crippen molar-refractivity contribution >= 4 is 23.8 Å². The first-order chi connectivity index (χ1) is 22.9. The number of hydrogen-bond acceptors (Lipinski definition) is 5. The van der Waals surface area contributed by atoms with Crippen LogP contribution in [0.1, 0.15) is 133 Å². The molecule has 1 saturated heterocycles. The highest BCUT2D eigenvalue weighted by Gasteiger charge is 2.70. The zero-order valence-corrected chi connectivity index (χ0v) is 31.8. The van der Waals surface area contributed by atoms with Gasteiger partial charge in [0.05, 0.1) is 23.9 Å². The minimum Gasteiger partial charge on any atom is -0.481 e. The van der Waals surface area contributed by atoms with Crippen LogP contribution in [-0.2, 0) is 19.1 Å². The summed E-state index contributed by atoms with van der Waals surface area (Å²) < 4.78 is 34.4. The molecule has 280 valence electrons. The topological polar surface area (TPSA) is 113 Å². The molecule has 2 N–H and O–H groups in total. The molecule has 0 bridgehead atoms. The van der Waals surface area contributed by atoms with Gasteiger partial charge in [-0.3, -0.25) is 14.4 Å². The normalized spacial score (nSPS) is 40.5. The van der Waals surface area contributed by atoms with Crippen molar-refractivity contribution in [1.29, 1.82) is 0 Å². The van der Waals surface area contributed by atoms with E-state index < -0.39 is 41.4 Å². The molecule has 0 aromatic rings. The van der Waals surface area contributed by atoms with Crippen LogP contribution in [0.5, 0.6) is 0 Å². The summed E-state index contributed by atoms with van der Waals surface area (Å²) in [5.41, 5.74) is -0.573. The number of nitrogens with one attached hydrogen (secondary N) is 1. The third-order valence-electron chi connectivity index (χ3n) is 15.6. The van der Waals surface area contributed by atoms with E-state index in [0.717, 1.165) is 56.1 Å². The van der Waals surface area contributed by atoms with Gasteiger partial charge in [-0.15, -0.1) is 0 Å². The lowest BCUT2D eigenvalue weighted by atomic mass is 9.33. The Bertz CT molecular complexity index is 1500. The number of carboxylic acid groups (broad SMARTS) is 1. The van der Waals surface area contributed by atoms with Crippen molar-refractivity contribution in [2.45, 2.75) is 151 Å². The molecule has 5 fully saturated rings. The Hall–Kier alpha value is -2.52. The van der Waals surface area contributed by atoms with Gasteiger partial charge in [0.25, 0.3) is 5.92 Å². The molecule has 8 nitrogen and oxygen atoms in total. The predicted octanol–water partition coefficient (Wildman–Crippen LogP) is 8.18. The Morgan fingerprint density at radius 1 is 0.940 bits per heavy atom. The first-order valence-corrected chi connectivity index (χ1v) is 19.1. The molecule has 0 spiro atoms. The smallest absolute Gasteiger partial charge is 0.318 e. The second kappa shape index (κ2) is 11.7. The van der Waals surface area contributed by atoms with Crippen LogP contribution in [0.15, 0.2) is 11.1 Å². The number of allylic oxidation sites excluding steroid dienone is 1. The van der Waals surface area contributed by atoms with E-state index in [4.69, 9.17) is 4.74 Å². The fraction of sp³-hybridized carbons (Fsp3) is 0.850. The van der Waals surface area contributed by atoms with Crippen molar-refractivity contribution in [2.75, 3.05) is 13.1 Å². The summed E-state index contributed by atoms with van der Waals surface area (Å²) in [6, 6.07) is -0.486. The molecule has 10 heteroatoms. The molecule has 50 heavy (non-hydrogen) atoms. The molecule has 2 amide bonds. The zero-order valence-electron chi connectivity index (χ0n) is 31.8. The van der Waals surface area contributed by atoms with Gasteiger partial charge in [-0.2, -0.15) is 0 Å². The van der Waals surface area contributed by atoms with E-state index in [-0.39, 0.29) is 71.2 Å². The van der Waals surface area contributed by atoms with Crippen LogP contribution in [0, 0.1) is 50.7 Å². The number of amides is 2. The van der Waals surface area contributed by atoms with E-state index in [0.29, 0.717) is 18.3 Å². The van der Waals surface area contributed by atoms with Gasteiger partial charge < -0.3 is 20.1 Å². The number of urea groups is 1. The standard InChI is InChI=1S/C40H60F2N2O6/c1-23(2)30-25(45)20-39(43-33(49)44-19-18-40(41,42)22-44)17-16-37(8)24(31(30)39)10-11-27-36(7)14-13-28(50-29(46)21-34(3,4)32(47)48)35(5,6)26(36)12-15-38(27,37)9/h23-24,26-28H,10-22H2,1-9H3,(H,43,49)(H,47,48)/t24-,26+,27-,28+,36+,37-,38-,39-/m1/s1. The van der Waals surface area contributed by atoms with Crippen LogP contribution in [0.3, 0.4) is 0 Å². The molecule has 6 rings (SSSR count). The minimum absolute atomic E-state index is 0.00177. The largest absolute Gasteiger partial charge is 0.481 e.